The van der Waals surface area contributed by atoms with Crippen molar-refractivity contribution in [2.45, 2.75) is 20.5 Å². The first-order chi connectivity index (χ1) is 17.1. The number of amides is 1. The van der Waals surface area contributed by atoms with Gasteiger partial charge >= 0.3 is 5.97 Å². The van der Waals surface area contributed by atoms with Gasteiger partial charge in [-0.2, -0.15) is 5.10 Å². The first-order valence-corrected chi connectivity index (χ1v) is 11.3. The van der Waals surface area contributed by atoms with Crippen LogP contribution in [0, 0.1) is 6.92 Å². The van der Waals surface area contributed by atoms with Crippen LogP contribution in [0.2, 0.25) is 0 Å². The van der Waals surface area contributed by atoms with E-state index in [-0.39, 0.29) is 25.5 Å². The van der Waals surface area contributed by atoms with E-state index < -0.39 is 11.9 Å². The number of aromatic nitrogens is 3. The van der Waals surface area contributed by atoms with Crippen molar-refractivity contribution in [2.24, 2.45) is 0 Å². The van der Waals surface area contributed by atoms with Crippen LogP contribution in [0.3, 0.4) is 0 Å². The Morgan fingerprint density at radius 1 is 1.00 bits per heavy atom. The summed E-state index contributed by atoms with van der Waals surface area (Å²) in [5, 5.41) is 7.03. The molecule has 178 valence electrons. The first kappa shape index (κ1) is 23.7. The molecule has 0 aliphatic carbocycles. The zero-order valence-corrected chi connectivity index (χ0v) is 19.6. The molecule has 35 heavy (non-hydrogen) atoms. The van der Waals surface area contributed by atoms with Crippen molar-refractivity contribution < 1.29 is 19.1 Å². The molecule has 8 nitrogen and oxygen atoms in total. The van der Waals surface area contributed by atoms with E-state index in [9.17, 15) is 9.59 Å². The summed E-state index contributed by atoms with van der Waals surface area (Å²) < 4.78 is 12.8. The van der Waals surface area contributed by atoms with E-state index in [0.717, 1.165) is 27.9 Å². The number of hydrogen-bond acceptors (Lipinski definition) is 6. The lowest BCUT2D eigenvalue weighted by Crippen LogP contribution is -2.31. The average molecular weight is 471 g/mol. The zero-order valence-electron chi connectivity index (χ0n) is 19.6. The molecule has 1 N–H and O–H groups in total. The molecule has 0 unspecified atom stereocenters. The summed E-state index contributed by atoms with van der Waals surface area (Å²) in [5.74, 6) is -0.690. The third-order valence-corrected chi connectivity index (χ3v) is 5.34. The third kappa shape index (κ3) is 5.73. The number of para-hydroxylation sites is 1. The van der Waals surface area contributed by atoms with Gasteiger partial charge in [0.1, 0.15) is 13.2 Å². The highest BCUT2D eigenvalue weighted by atomic mass is 16.5. The highest BCUT2D eigenvalue weighted by Crippen LogP contribution is 2.32. The Morgan fingerprint density at radius 2 is 1.71 bits per heavy atom. The van der Waals surface area contributed by atoms with Gasteiger partial charge in [0, 0.05) is 29.1 Å². The molecule has 0 saturated heterocycles. The van der Waals surface area contributed by atoms with Gasteiger partial charge in [0.2, 0.25) is 0 Å². The van der Waals surface area contributed by atoms with E-state index in [2.05, 4.69) is 15.4 Å². The second-order valence-electron chi connectivity index (χ2n) is 7.75. The predicted molar refractivity (Wildman–Crippen MR) is 131 cm³/mol. The summed E-state index contributed by atoms with van der Waals surface area (Å²) in [6, 6.07) is 19.4. The molecule has 4 rings (SSSR count). The van der Waals surface area contributed by atoms with E-state index in [1.54, 1.807) is 24.0 Å². The maximum absolute atomic E-state index is 12.9. The predicted octanol–water partition coefficient (Wildman–Crippen LogP) is 4.11. The molecule has 2 aromatic carbocycles. The molecule has 0 aliphatic heterocycles. The molecular weight excluding hydrogens is 444 g/mol. The summed E-state index contributed by atoms with van der Waals surface area (Å²) in [7, 11) is 0. The lowest BCUT2D eigenvalue weighted by Gasteiger charge is -2.16. The van der Waals surface area contributed by atoms with Crippen LogP contribution in [0.1, 0.15) is 28.5 Å². The van der Waals surface area contributed by atoms with E-state index >= 15 is 0 Å². The van der Waals surface area contributed by atoms with Crippen molar-refractivity contribution in [2.75, 3.05) is 13.2 Å². The van der Waals surface area contributed by atoms with E-state index in [1.165, 1.54) is 0 Å². The number of ether oxygens (including phenoxy) is 2. The van der Waals surface area contributed by atoms with Crippen molar-refractivity contribution >= 4 is 11.9 Å². The maximum atomic E-state index is 12.9. The third-order valence-electron chi connectivity index (χ3n) is 5.34. The summed E-state index contributed by atoms with van der Waals surface area (Å²) in [6.07, 6.45) is 5.27. The number of hydrogen-bond donors (Lipinski definition) is 1. The summed E-state index contributed by atoms with van der Waals surface area (Å²) in [4.78, 5) is 29.0. The standard InChI is InChI=1S/C27H26N4O4/c1-3-34-24(32)16-29-27(33)25-26(35-18-20-10-6-4-7-11-20)19(2)23(15-28-25)21-14-30-31(17-21)22-12-8-5-9-13-22/h4-15,17H,3,16,18H2,1-2H3,(H,29,33). The number of carbonyl (C=O) groups is 2. The number of benzene rings is 2. The van der Waals surface area contributed by atoms with Crippen molar-refractivity contribution in [1.29, 1.82) is 0 Å². The number of carbonyl (C=O) groups excluding carboxylic acids is 2. The monoisotopic (exact) mass is 470 g/mol. The summed E-state index contributed by atoms with van der Waals surface area (Å²) in [5.41, 5.74) is 4.35. The Hall–Kier alpha value is -4.46. The topological polar surface area (TPSA) is 95.3 Å². The molecule has 1 amide bonds. The Balaban J connectivity index is 1.65. The highest BCUT2D eigenvalue weighted by Gasteiger charge is 2.21. The molecule has 4 aromatic rings. The van der Waals surface area contributed by atoms with Crippen LogP contribution in [0.4, 0.5) is 0 Å². The van der Waals surface area contributed by atoms with Crippen molar-refractivity contribution in [1.82, 2.24) is 20.1 Å². The van der Waals surface area contributed by atoms with Gasteiger partial charge < -0.3 is 14.8 Å². The van der Waals surface area contributed by atoms with Gasteiger partial charge in [0.25, 0.3) is 5.91 Å². The van der Waals surface area contributed by atoms with Gasteiger partial charge in [-0.05, 0) is 31.5 Å². The fraction of sp³-hybridized carbons (Fsp3) is 0.185. The van der Waals surface area contributed by atoms with Crippen LogP contribution >= 0.6 is 0 Å². The lowest BCUT2D eigenvalue weighted by atomic mass is 10.0. The van der Waals surface area contributed by atoms with E-state index in [0.29, 0.717) is 5.75 Å². The van der Waals surface area contributed by atoms with Crippen LogP contribution in [-0.4, -0.2) is 39.8 Å². The smallest absolute Gasteiger partial charge is 0.325 e. The molecule has 0 fully saturated rings. The van der Waals surface area contributed by atoms with Crippen molar-refractivity contribution in [3.05, 3.63) is 96.1 Å². The molecule has 0 spiro atoms. The fourth-order valence-corrected chi connectivity index (χ4v) is 3.58. The Kier molecular flexibility index (Phi) is 7.52. The Morgan fingerprint density at radius 3 is 2.43 bits per heavy atom. The van der Waals surface area contributed by atoms with Gasteiger partial charge in [-0.3, -0.25) is 9.59 Å². The summed E-state index contributed by atoms with van der Waals surface area (Å²) >= 11 is 0. The van der Waals surface area contributed by atoms with Crippen molar-refractivity contribution in [3.8, 4) is 22.6 Å². The minimum absolute atomic E-state index is 0.0990. The van der Waals surface area contributed by atoms with Crippen LogP contribution in [0.5, 0.6) is 5.75 Å². The lowest BCUT2D eigenvalue weighted by molar-refractivity contribution is -0.141. The first-order valence-electron chi connectivity index (χ1n) is 11.3. The fourth-order valence-electron chi connectivity index (χ4n) is 3.58. The molecule has 0 saturated carbocycles. The van der Waals surface area contributed by atoms with Gasteiger partial charge in [-0.15, -0.1) is 0 Å². The second kappa shape index (κ2) is 11.1. The molecular formula is C27H26N4O4. The molecule has 0 radical (unpaired) electrons. The van der Waals surface area contributed by atoms with Crippen LogP contribution in [-0.2, 0) is 16.1 Å². The molecule has 2 heterocycles. The van der Waals surface area contributed by atoms with Crippen molar-refractivity contribution in [3.63, 3.8) is 0 Å². The number of pyridine rings is 1. The normalized spacial score (nSPS) is 10.6. The molecule has 0 bridgehead atoms. The number of esters is 1. The molecule has 2 aromatic heterocycles. The van der Waals surface area contributed by atoms with Gasteiger partial charge in [-0.25, -0.2) is 9.67 Å². The molecule has 0 atom stereocenters. The average Bonchev–Trinajstić information content (AvgIpc) is 3.38. The maximum Gasteiger partial charge on any atom is 0.325 e. The number of nitrogens with one attached hydrogen (secondary N) is 1. The minimum atomic E-state index is -0.519. The van der Waals surface area contributed by atoms with Crippen LogP contribution in [0.25, 0.3) is 16.8 Å². The van der Waals surface area contributed by atoms with E-state index in [4.69, 9.17) is 9.47 Å². The Labute approximate surface area is 203 Å². The SMILES string of the molecule is CCOC(=O)CNC(=O)c1ncc(-c2cnn(-c3ccccc3)c2)c(C)c1OCc1ccccc1. The van der Waals surface area contributed by atoms with Gasteiger partial charge in [0.05, 0.1) is 18.5 Å². The quantitative estimate of drug-likeness (QED) is 0.370. The minimum Gasteiger partial charge on any atom is -0.486 e. The van der Waals surface area contributed by atoms with Gasteiger partial charge in [-0.1, -0.05) is 48.5 Å². The van der Waals surface area contributed by atoms with E-state index in [1.807, 2.05) is 73.8 Å². The molecule has 8 heteroatoms. The second-order valence-corrected chi connectivity index (χ2v) is 7.75. The van der Waals surface area contributed by atoms with Crippen LogP contribution in [0.15, 0.2) is 79.3 Å². The summed E-state index contributed by atoms with van der Waals surface area (Å²) in [6.45, 7) is 3.83. The molecule has 0 aliphatic rings. The Bertz CT molecular complexity index is 1300. The van der Waals surface area contributed by atoms with Gasteiger partial charge in [0.15, 0.2) is 11.4 Å². The zero-order chi connectivity index (χ0) is 24.6. The number of nitrogens with zero attached hydrogens (tertiary/aromatic N) is 3. The highest BCUT2D eigenvalue weighted by molar-refractivity contribution is 5.97. The van der Waals surface area contributed by atoms with Crippen LogP contribution < -0.4 is 10.1 Å². The number of rotatable bonds is 9. The largest absolute Gasteiger partial charge is 0.486 e.